The topological polar surface area (TPSA) is 42.0 Å². The van der Waals surface area contributed by atoms with Crippen molar-refractivity contribution in [2.75, 3.05) is 13.2 Å². The van der Waals surface area contributed by atoms with Crippen LogP contribution >= 0.6 is 0 Å². The molecule has 0 radical (unpaired) electrons. The lowest BCUT2D eigenvalue weighted by Crippen LogP contribution is -2.18. The second-order valence-corrected chi connectivity index (χ2v) is 5.67. The van der Waals surface area contributed by atoms with Gasteiger partial charge >= 0.3 is 0 Å². The van der Waals surface area contributed by atoms with Crippen LogP contribution in [-0.2, 0) is 16.1 Å². The first-order chi connectivity index (χ1) is 9.64. The lowest BCUT2D eigenvalue weighted by molar-refractivity contribution is 0.0742. The molecular weight excluding hydrogens is 252 g/mol. The Balaban J connectivity index is 1.66. The van der Waals surface area contributed by atoms with Crippen LogP contribution in [0.5, 0.6) is 0 Å². The molecule has 0 amide bonds. The van der Waals surface area contributed by atoms with E-state index in [9.17, 15) is 0 Å². The average molecular weight is 276 g/mol. The Labute approximate surface area is 121 Å². The van der Waals surface area contributed by atoms with Crippen molar-refractivity contribution in [3.8, 4) is 0 Å². The third-order valence-electron chi connectivity index (χ3n) is 3.78. The largest absolute Gasteiger partial charge is 0.392 e. The molecule has 1 N–H and O–H groups in total. The van der Waals surface area contributed by atoms with Crippen molar-refractivity contribution < 1.29 is 14.6 Å². The molecule has 1 aliphatic rings. The van der Waals surface area contributed by atoms with Crippen LogP contribution in [0.25, 0.3) is 0 Å². The highest BCUT2D eigenvalue weighted by atomic mass is 16.6. The summed E-state index contributed by atoms with van der Waals surface area (Å²) in [5.74, 6) is 0. The molecule has 1 aromatic rings. The monoisotopic (exact) mass is 276 g/mol. The third-order valence-corrected chi connectivity index (χ3v) is 3.78. The van der Waals surface area contributed by atoms with E-state index < -0.39 is 0 Å². The molecule has 1 aromatic carbocycles. The Hall–Kier alpha value is -1.16. The zero-order valence-electron chi connectivity index (χ0n) is 12.3. The lowest BCUT2D eigenvalue weighted by Gasteiger charge is -2.08. The molecule has 110 valence electrons. The number of rotatable bonds is 8. The van der Waals surface area contributed by atoms with Gasteiger partial charge in [0.05, 0.1) is 25.9 Å². The highest BCUT2D eigenvalue weighted by Gasteiger charge is 2.51. The smallest absolute Gasteiger partial charge is 0.115 e. The number of ether oxygens (including phenoxy) is 2. The minimum atomic E-state index is -0.131. The second kappa shape index (κ2) is 7.02. The van der Waals surface area contributed by atoms with Gasteiger partial charge in [0.25, 0.3) is 0 Å². The van der Waals surface area contributed by atoms with Crippen molar-refractivity contribution in [3.05, 3.63) is 47.5 Å². The van der Waals surface area contributed by atoms with E-state index in [1.807, 2.05) is 31.2 Å². The fourth-order valence-corrected chi connectivity index (χ4v) is 2.34. The number of hydrogen-bond acceptors (Lipinski definition) is 3. The molecule has 3 heteroatoms. The van der Waals surface area contributed by atoms with Crippen molar-refractivity contribution in [3.63, 3.8) is 0 Å². The summed E-state index contributed by atoms with van der Waals surface area (Å²) in [5.41, 5.74) is 2.28. The molecule has 0 unspecified atom stereocenters. The summed E-state index contributed by atoms with van der Waals surface area (Å²) in [7, 11) is 0. The van der Waals surface area contributed by atoms with E-state index in [-0.39, 0.29) is 18.3 Å². The molecule has 3 nitrogen and oxygen atoms in total. The molecule has 1 aliphatic heterocycles. The van der Waals surface area contributed by atoms with Crippen LogP contribution in [0.4, 0.5) is 0 Å². The zero-order valence-corrected chi connectivity index (χ0v) is 12.3. The van der Waals surface area contributed by atoms with E-state index in [0.717, 1.165) is 12.8 Å². The van der Waals surface area contributed by atoms with Gasteiger partial charge in [-0.3, -0.25) is 0 Å². The first-order valence-corrected chi connectivity index (χ1v) is 7.20. The molecule has 0 aromatic heterocycles. The van der Waals surface area contributed by atoms with Gasteiger partial charge in [0.1, 0.15) is 5.60 Å². The summed E-state index contributed by atoms with van der Waals surface area (Å²) in [6, 6.07) is 10.2. The standard InChI is InChI=1S/C17H24O3/c1-14(10-11-18)8-9-16-17(2,20-16)13-19-12-15-6-4-3-5-7-15/h3-7,10,16,18H,8-9,11-13H2,1-2H3/b14-10+/t16-,17-/m0/s1. The number of allylic oxidation sites excluding steroid dienone is 1. The molecule has 1 fully saturated rings. The second-order valence-electron chi connectivity index (χ2n) is 5.67. The van der Waals surface area contributed by atoms with Crippen molar-refractivity contribution in [2.45, 2.75) is 45.0 Å². The van der Waals surface area contributed by atoms with Crippen LogP contribution in [0.1, 0.15) is 32.3 Å². The highest BCUT2D eigenvalue weighted by molar-refractivity contribution is 5.13. The third kappa shape index (κ3) is 4.44. The summed E-state index contributed by atoms with van der Waals surface area (Å²) < 4.78 is 11.5. The van der Waals surface area contributed by atoms with Gasteiger partial charge in [-0.15, -0.1) is 0 Å². The van der Waals surface area contributed by atoms with E-state index in [0.29, 0.717) is 13.2 Å². The summed E-state index contributed by atoms with van der Waals surface area (Å²) >= 11 is 0. The molecule has 2 rings (SSSR count). The number of aliphatic hydroxyl groups is 1. The van der Waals surface area contributed by atoms with Crippen LogP contribution in [-0.4, -0.2) is 30.0 Å². The van der Waals surface area contributed by atoms with Gasteiger partial charge in [-0.2, -0.15) is 0 Å². The number of epoxide rings is 1. The van der Waals surface area contributed by atoms with E-state index in [1.165, 1.54) is 11.1 Å². The van der Waals surface area contributed by atoms with Gasteiger partial charge in [0, 0.05) is 0 Å². The fourth-order valence-electron chi connectivity index (χ4n) is 2.34. The van der Waals surface area contributed by atoms with Gasteiger partial charge < -0.3 is 14.6 Å². The van der Waals surface area contributed by atoms with Crippen LogP contribution < -0.4 is 0 Å². The van der Waals surface area contributed by atoms with Crippen molar-refractivity contribution >= 4 is 0 Å². The minimum absolute atomic E-state index is 0.120. The molecule has 0 bridgehead atoms. The van der Waals surface area contributed by atoms with Gasteiger partial charge in [0.15, 0.2) is 0 Å². The van der Waals surface area contributed by atoms with Crippen LogP contribution in [0.15, 0.2) is 42.0 Å². The predicted octanol–water partition coefficient (Wildman–Crippen LogP) is 3.08. The summed E-state index contributed by atoms with van der Waals surface area (Å²) in [6.07, 6.45) is 4.10. The van der Waals surface area contributed by atoms with Gasteiger partial charge in [-0.05, 0) is 32.3 Å². The van der Waals surface area contributed by atoms with Gasteiger partial charge in [0.2, 0.25) is 0 Å². The molecule has 1 heterocycles. The van der Waals surface area contributed by atoms with Gasteiger partial charge in [-0.1, -0.05) is 42.0 Å². The maximum absolute atomic E-state index is 8.82. The van der Waals surface area contributed by atoms with Crippen LogP contribution in [0.2, 0.25) is 0 Å². The predicted molar refractivity (Wildman–Crippen MR) is 79.5 cm³/mol. The van der Waals surface area contributed by atoms with Crippen molar-refractivity contribution in [1.82, 2.24) is 0 Å². The summed E-state index contributed by atoms with van der Waals surface area (Å²) in [6.45, 7) is 5.54. The molecule has 2 atom stereocenters. The first-order valence-electron chi connectivity index (χ1n) is 7.20. The maximum Gasteiger partial charge on any atom is 0.115 e. The molecule has 0 spiro atoms. The fraction of sp³-hybridized carbons (Fsp3) is 0.529. The Morgan fingerprint density at radius 1 is 1.40 bits per heavy atom. The Morgan fingerprint density at radius 2 is 2.15 bits per heavy atom. The average Bonchev–Trinajstić information content (AvgIpc) is 3.09. The molecule has 0 aliphatic carbocycles. The van der Waals surface area contributed by atoms with E-state index in [4.69, 9.17) is 14.6 Å². The Kier molecular flexibility index (Phi) is 5.35. The van der Waals surface area contributed by atoms with E-state index >= 15 is 0 Å². The lowest BCUT2D eigenvalue weighted by atomic mass is 10.0. The number of benzene rings is 1. The van der Waals surface area contributed by atoms with Crippen molar-refractivity contribution in [1.29, 1.82) is 0 Å². The summed E-state index contributed by atoms with van der Waals surface area (Å²) in [4.78, 5) is 0. The number of hydrogen-bond donors (Lipinski definition) is 1. The molecule has 0 saturated carbocycles. The maximum atomic E-state index is 8.82. The highest BCUT2D eigenvalue weighted by Crippen LogP contribution is 2.40. The molecular formula is C17H24O3. The normalized spacial score (nSPS) is 25.8. The quantitative estimate of drug-likeness (QED) is 0.586. The van der Waals surface area contributed by atoms with E-state index in [1.54, 1.807) is 0 Å². The van der Waals surface area contributed by atoms with E-state index in [2.05, 4.69) is 19.1 Å². The van der Waals surface area contributed by atoms with Gasteiger partial charge in [-0.25, -0.2) is 0 Å². The minimum Gasteiger partial charge on any atom is -0.392 e. The molecule has 20 heavy (non-hydrogen) atoms. The first kappa shape index (κ1) is 15.2. The summed E-state index contributed by atoms with van der Waals surface area (Å²) in [5, 5.41) is 8.82. The van der Waals surface area contributed by atoms with Crippen molar-refractivity contribution in [2.24, 2.45) is 0 Å². The van der Waals surface area contributed by atoms with Crippen LogP contribution in [0, 0.1) is 0 Å². The number of aliphatic hydroxyl groups excluding tert-OH is 1. The zero-order chi connectivity index (χ0) is 14.4. The Morgan fingerprint density at radius 3 is 2.85 bits per heavy atom. The Bertz CT molecular complexity index is 441. The molecule has 1 saturated heterocycles. The van der Waals surface area contributed by atoms with Crippen LogP contribution in [0.3, 0.4) is 0 Å². The SMILES string of the molecule is C/C(=C\CO)CC[C@@H]1O[C@@]1(C)COCc1ccccc1.